The van der Waals surface area contributed by atoms with Gasteiger partial charge >= 0.3 is 0 Å². The summed E-state index contributed by atoms with van der Waals surface area (Å²) in [5, 5.41) is 3.34. The van der Waals surface area contributed by atoms with Gasteiger partial charge in [-0.3, -0.25) is 9.59 Å². The average Bonchev–Trinajstić information content (AvgIpc) is 2.70. The largest absolute Gasteiger partial charge is 0.325 e. The van der Waals surface area contributed by atoms with Crippen molar-refractivity contribution >= 4 is 28.5 Å². The molecule has 2 rings (SSSR count). The van der Waals surface area contributed by atoms with Gasteiger partial charge in [-0.2, -0.15) is 0 Å². The molecule has 0 bridgehead atoms. The number of hydrogen-bond acceptors (Lipinski definition) is 3. The number of hydrogen-bond donors (Lipinski definition) is 1. The molecule has 1 aliphatic carbocycles. The lowest BCUT2D eigenvalue weighted by Gasteiger charge is -2.36. The zero-order chi connectivity index (χ0) is 22.9. The van der Waals surface area contributed by atoms with Crippen molar-refractivity contribution in [3.05, 3.63) is 23.8 Å². The number of carbonyl (C=O) groups is 2. The molecule has 1 aromatic carbocycles. The third kappa shape index (κ3) is 7.76. The van der Waals surface area contributed by atoms with Crippen LogP contribution in [0.4, 0.5) is 5.69 Å². The number of anilines is 1. The summed E-state index contributed by atoms with van der Waals surface area (Å²) >= 11 is 1.24. The van der Waals surface area contributed by atoms with Crippen LogP contribution in [0.1, 0.15) is 99.0 Å². The second-order valence-electron chi connectivity index (χ2n) is 9.87. The van der Waals surface area contributed by atoms with Crippen LogP contribution in [0.15, 0.2) is 23.1 Å². The first kappa shape index (κ1) is 26.7. The zero-order valence-electron chi connectivity index (χ0n) is 20.5. The van der Waals surface area contributed by atoms with E-state index in [2.05, 4.69) is 19.2 Å². The van der Waals surface area contributed by atoms with Crippen molar-refractivity contribution in [2.45, 2.75) is 105 Å². The first-order chi connectivity index (χ1) is 14.0. The molecule has 0 spiro atoms. The molecule has 0 radical (unpaired) electrons. The Bertz CT molecular complexity index is 697. The van der Waals surface area contributed by atoms with Gasteiger partial charge in [0.25, 0.3) is 0 Å². The van der Waals surface area contributed by atoms with Gasteiger partial charge in [-0.1, -0.05) is 73.8 Å². The molecule has 3 nitrogen and oxygen atoms in total. The second kappa shape index (κ2) is 11.9. The molecule has 1 fully saturated rings. The molecule has 0 heterocycles. The molecule has 170 valence electrons. The van der Waals surface area contributed by atoms with Crippen molar-refractivity contribution in [3.8, 4) is 0 Å². The summed E-state index contributed by atoms with van der Waals surface area (Å²) < 4.78 is 0. The summed E-state index contributed by atoms with van der Waals surface area (Å²) in [7, 11) is 0. The number of nitrogens with one attached hydrogen (secondary N) is 1. The summed E-state index contributed by atoms with van der Waals surface area (Å²) in [4.78, 5) is 26.8. The fourth-order valence-corrected chi connectivity index (χ4v) is 4.58. The normalized spacial score (nSPS) is 15.9. The number of thioether (sulfide) groups is 1. The highest BCUT2D eigenvalue weighted by Gasteiger charge is 2.39. The van der Waals surface area contributed by atoms with Gasteiger partial charge in [-0.25, -0.2) is 0 Å². The van der Waals surface area contributed by atoms with Crippen molar-refractivity contribution in [2.75, 3.05) is 5.32 Å². The van der Waals surface area contributed by atoms with Crippen LogP contribution < -0.4 is 5.32 Å². The van der Waals surface area contributed by atoms with Crippen molar-refractivity contribution in [3.63, 3.8) is 0 Å². The van der Waals surface area contributed by atoms with Gasteiger partial charge < -0.3 is 5.32 Å². The standard InChI is InChI=1S/C24H37NO2S.C2H6/c1-17(2)12-15-24(13-8-7-9-14-24)21(26)25-19-16-18(3)10-11-20(19)28-22(27)23(4,5)6;1-2/h10-11,16-17H,7-9,12-15H2,1-6H3,(H,25,26);1-2H3. The fraction of sp³-hybridized carbons (Fsp3) is 0.692. The average molecular weight is 434 g/mol. The number of benzene rings is 1. The summed E-state index contributed by atoms with van der Waals surface area (Å²) in [6.45, 7) is 16.3. The SMILES string of the molecule is CC.Cc1ccc(SC(=O)C(C)(C)C)c(NC(=O)C2(CCC(C)C)CCCCC2)c1. The molecular weight excluding hydrogens is 390 g/mol. The Morgan fingerprint density at radius 2 is 1.70 bits per heavy atom. The Labute approximate surface area is 189 Å². The molecular formula is C26H43NO2S. The minimum absolute atomic E-state index is 0.110. The lowest BCUT2D eigenvalue weighted by Crippen LogP contribution is -2.38. The van der Waals surface area contributed by atoms with Crippen molar-refractivity contribution < 1.29 is 9.59 Å². The van der Waals surface area contributed by atoms with Gasteiger partial charge in [0, 0.05) is 15.7 Å². The molecule has 4 heteroatoms. The lowest BCUT2D eigenvalue weighted by molar-refractivity contribution is -0.128. The van der Waals surface area contributed by atoms with Gasteiger partial charge in [0.15, 0.2) is 5.12 Å². The van der Waals surface area contributed by atoms with E-state index in [0.717, 1.165) is 54.7 Å². The van der Waals surface area contributed by atoms with E-state index >= 15 is 0 Å². The van der Waals surface area contributed by atoms with Gasteiger partial charge in [-0.05, 0) is 68.0 Å². The summed E-state index contributed by atoms with van der Waals surface area (Å²) in [6, 6.07) is 5.96. The van der Waals surface area contributed by atoms with Crippen LogP contribution >= 0.6 is 11.8 Å². The highest BCUT2D eigenvalue weighted by atomic mass is 32.2. The topological polar surface area (TPSA) is 46.2 Å². The smallest absolute Gasteiger partial charge is 0.230 e. The van der Waals surface area contributed by atoms with E-state index in [1.54, 1.807) is 0 Å². The Kier molecular flexibility index (Phi) is 10.6. The number of aryl methyl sites for hydroxylation is 1. The van der Waals surface area contributed by atoms with Crippen molar-refractivity contribution in [1.82, 2.24) is 0 Å². The van der Waals surface area contributed by atoms with Crippen LogP contribution in [0.5, 0.6) is 0 Å². The van der Waals surface area contributed by atoms with Gasteiger partial charge in [0.1, 0.15) is 0 Å². The third-order valence-electron chi connectivity index (χ3n) is 5.69. The molecule has 0 aliphatic heterocycles. The monoisotopic (exact) mass is 433 g/mol. The summed E-state index contributed by atoms with van der Waals surface area (Å²) in [5.41, 5.74) is 1.19. The maximum absolute atomic E-state index is 13.4. The zero-order valence-corrected chi connectivity index (χ0v) is 21.3. The molecule has 1 aromatic rings. The van der Waals surface area contributed by atoms with Crippen LogP contribution in [0.3, 0.4) is 0 Å². The predicted octanol–water partition coefficient (Wildman–Crippen LogP) is 8.01. The predicted molar refractivity (Wildman–Crippen MR) is 131 cm³/mol. The lowest BCUT2D eigenvalue weighted by atomic mass is 9.69. The molecule has 1 amide bonds. The molecule has 30 heavy (non-hydrogen) atoms. The molecule has 0 unspecified atom stereocenters. The van der Waals surface area contributed by atoms with Crippen LogP contribution in [0.2, 0.25) is 0 Å². The highest BCUT2D eigenvalue weighted by Crippen LogP contribution is 2.43. The van der Waals surface area contributed by atoms with E-state index < -0.39 is 5.41 Å². The maximum Gasteiger partial charge on any atom is 0.230 e. The fourth-order valence-electron chi connectivity index (χ4n) is 3.72. The minimum Gasteiger partial charge on any atom is -0.325 e. The van der Waals surface area contributed by atoms with Gasteiger partial charge in [0.05, 0.1) is 5.69 Å². The van der Waals surface area contributed by atoms with Crippen LogP contribution in [-0.4, -0.2) is 11.0 Å². The minimum atomic E-state index is -0.418. The van der Waals surface area contributed by atoms with E-state index in [-0.39, 0.29) is 16.4 Å². The summed E-state index contributed by atoms with van der Waals surface area (Å²) in [5.74, 6) is 0.740. The van der Waals surface area contributed by atoms with Crippen LogP contribution in [-0.2, 0) is 9.59 Å². The molecule has 0 saturated heterocycles. The Morgan fingerprint density at radius 3 is 2.23 bits per heavy atom. The van der Waals surface area contributed by atoms with Crippen molar-refractivity contribution in [2.24, 2.45) is 16.7 Å². The van der Waals surface area contributed by atoms with E-state index in [0.29, 0.717) is 5.92 Å². The van der Waals surface area contributed by atoms with Gasteiger partial charge in [-0.15, -0.1) is 0 Å². The molecule has 1 aliphatic rings. The van der Waals surface area contributed by atoms with E-state index in [1.165, 1.54) is 18.2 Å². The third-order valence-corrected chi connectivity index (χ3v) is 7.06. The van der Waals surface area contributed by atoms with Crippen LogP contribution in [0.25, 0.3) is 0 Å². The van der Waals surface area contributed by atoms with E-state index in [9.17, 15) is 9.59 Å². The maximum atomic E-state index is 13.4. The Balaban J connectivity index is 0.00000218. The molecule has 1 N–H and O–H groups in total. The molecule has 0 aromatic heterocycles. The Hall–Kier alpha value is -1.29. The van der Waals surface area contributed by atoms with E-state index in [4.69, 9.17) is 0 Å². The summed E-state index contributed by atoms with van der Waals surface area (Å²) in [6.07, 6.45) is 7.45. The Morgan fingerprint density at radius 1 is 1.10 bits per heavy atom. The number of rotatable bonds is 6. The first-order valence-electron chi connectivity index (χ1n) is 11.7. The second-order valence-corrected chi connectivity index (χ2v) is 10.9. The molecule has 1 saturated carbocycles. The van der Waals surface area contributed by atoms with Gasteiger partial charge in [0.2, 0.25) is 5.91 Å². The number of amides is 1. The van der Waals surface area contributed by atoms with E-state index in [1.807, 2.05) is 59.7 Å². The highest BCUT2D eigenvalue weighted by molar-refractivity contribution is 8.13. The number of carbonyl (C=O) groups excluding carboxylic acids is 2. The molecule has 0 atom stereocenters. The first-order valence-corrected chi connectivity index (χ1v) is 12.5. The quantitative estimate of drug-likeness (QED) is 0.462. The van der Waals surface area contributed by atoms with Crippen molar-refractivity contribution in [1.29, 1.82) is 0 Å². The van der Waals surface area contributed by atoms with Crippen LogP contribution in [0, 0.1) is 23.7 Å².